The quantitative estimate of drug-likeness (QED) is 0.417. The first kappa shape index (κ1) is 23.0. The number of ether oxygens (including phenoxy) is 1. The summed E-state index contributed by atoms with van der Waals surface area (Å²) in [6, 6.07) is 6.91. The number of carbonyl (C=O) groups excluding carboxylic acids is 1. The number of carboxylic acids is 1. The Morgan fingerprint density at radius 1 is 1.23 bits per heavy atom. The van der Waals surface area contributed by atoms with Crippen LogP contribution in [0.1, 0.15) is 28.8 Å². The smallest absolute Gasteiger partial charge is 0.326 e. The molecule has 1 saturated heterocycles. The molecule has 1 heterocycles. The fraction of sp³-hybridized carbons (Fsp3) is 0.300. The minimum Gasteiger partial charge on any atom is -0.507 e. The van der Waals surface area contributed by atoms with Crippen molar-refractivity contribution in [2.75, 3.05) is 13.2 Å². The number of rotatable bonds is 6. The number of likely N-dealkylation sites (tertiary alicyclic amines) is 1. The van der Waals surface area contributed by atoms with Crippen molar-refractivity contribution in [1.82, 2.24) is 4.90 Å². The number of phenolic OH excluding ortho intramolecular Hbond substituents is 1. The first-order chi connectivity index (χ1) is 14.5. The molecule has 2 aromatic rings. The van der Waals surface area contributed by atoms with Crippen LogP contribution in [0.2, 0.25) is 0 Å². The standard InChI is InChI=1S/C20H24B2NO7P/c1-31(28,29)10-11-7-14(21)18(15(22)8-11)30-12-4-5-17(24)13(9-12)19(25)23-6-2-3-16(23)20(26)27/h4-5,7-9,16,24H,2-3,6,10,21-22H2,1H3,(H,26,27)(H,28,29)/t16-/m0/s1. The molecule has 3 N–H and O–H groups in total. The highest BCUT2D eigenvalue weighted by atomic mass is 31.2. The zero-order chi connectivity index (χ0) is 22.9. The molecule has 1 amide bonds. The maximum atomic E-state index is 12.9. The molecule has 1 aliphatic heterocycles. The van der Waals surface area contributed by atoms with Crippen LogP contribution < -0.4 is 15.7 Å². The first-order valence-corrected chi connectivity index (χ1v) is 12.2. The number of amides is 1. The molecule has 11 heteroatoms. The average Bonchev–Trinajstić information content (AvgIpc) is 3.14. The van der Waals surface area contributed by atoms with Crippen molar-refractivity contribution in [2.45, 2.75) is 25.0 Å². The topological polar surface area (TPSA) is 124 Å². The molecule has 2 atom stereocenters. The fourth-order valence-corrected chi connectivity index (χ4v) is 4.78. The van der Waals surface area contributed by atoms with Gasteiger partial charge in [-0.15, -0.1) is 0 Å². The van der Waals surface area contributed by atoms with Gasteiger partial charge in [0.2, 0.25) is 7.37 Å². The molecule has 162 valence electrons. The van der Waals surface area contributed by atoms with Crippen LogP contribution >= 0.6 is 7.37 Å². The van der Waals surface area contributed by atoms with E-state index in [0.29, 0.717) is 30.9 Å². The van der Waals surface area contributed by atoms with Crippen LogP contribution in [0.5, 0.6) is 17.2 Å². The summed E-state index contributed by atoms with van der Waals surface area (Å²) in [6.07, 6.45) is 1.03. The Hall–Kier alpha value is -2.70. The number of hydrogen-bond acceptors (Lipinski definition) is 5. The summed E-state index contributed by atoms with van der Waals surface area (Å²) in [7, 11) is 0.427. The monoisotopic (exact) mass is 443 g/mol. The molecule has 1 aliphatic rings. The van der Waals surface area contributed by atoms with E-state index in [1.807, 2.05) is 15.7 Å². The van der Waals surface area contributed by atoms with Crippen LogP contribution in [0.3, 0.4) is 0 Å². The Morgan fingerprint density at radius 2 is 1.87 bits per heavy atom. The van der Waals surface area contributed by atoms with E-state index in [4.69, 9.17) is 4.74 Å². The Labute approximate surface area is 182 Å². The van der Waals surface area contributed by atoms with E-state index in [-0.39, 0.29) is 17.5 Å². The van der Waals surface area contributed by atoms with E-state index in [2.05, 4.69) is 0 Å². The van der Waals surface area contributed by atoms with Crippen molar-refractivity contribution >= 4 is 45.9 Å². The molecule has 2 aromatic carbocycles. The van der Waals surface area contributed by atoms with Gasteiger partial charge >= 0.3 is 5.97 Å². The summed E-state index contributed by atoms with van der Waals surface area (Å²) < 4.78 is 17.7. The highest BCUT2D eigenvalue weighted by Crippen LogP contribution is 2.39. The highest BCUT2D eigenvalue weighted by molar-refractivity contribution is 7.56. The van der Waals surface area contributed by atoms with Crippen molar-refractivity contribution in [1.29, 1.82) is 0 Å². The fourth-order valence-electron chi connectivity index (χ4n) is 3.92. The van der Waals surface area contributed by atoms with Crippen LogP contribution in [-0.2, 0) is 15.5 Å². The Kier molecular flexibility index (Phi) is 6.53. The van der Waals surface area contributed by atoms with Crippen molar-refractivity contribution in [3.63, 3.8) is 0 Å². The van der Waals surface area contributed by atoms with E-state index in [1.165, 1.54) is 29.8 Å². The number of carbonyl (C=O) groups is 2. The molecule has 0 bridgehead atoms. The van der Waals surface area contributed by atoms with Gasteiger partial charge in [-0.1, -0.05) is 12.1 Å². The van der Waals surface area contributed by atoms with Crippen molar-refractivity contribution < 1.29 is 34.0 Å². The number of phenols is 1. The molecule has 0 spiro atoms. The van der Waals surface area contributed by atoms with Gasteiger partial charge in [-0.3, -0.25) is 9.36 Å². The molecule has 1 fully saturated rings. The van der Waals surface area contributed by atoms with Crippen LogP contribution in [0, 0.1) is 0 Å². The number of hydrogen-bond donors (Lipinski definition) is 3. The third-order valence-corrected chi connectivity index (χ3v) is 6.17. The lowest BCUT2D eigenvalue weighted by Crippen LogP contribution is -2.40. The molecule has 0 saturated carbocycles. The lowest BCUT2D eigenvalue weighted by Gasteiger charge is -2.22. The molecule has 3 rings (SSSR count). The average molecular weight is 443 g/mol. The molecule has 0 aliphatic carbocycles. The summed E-state index contributed by atoms with van der Waals surface area (Å²) in [5.74, 6) is -1.02. The maximum Gasteiger partial charge on any atom is 0.326 e. The molecular weight excluding hydrogens is 419 g/mol. The molecule has 0 aromatic heterocycles. The minimum absolute atomic E-state index is 0.0234. The van der Waals surface area contributed by atoms with Gasteiger partial charge < -0.3 is 24.7 Å². The van der Waals surface area contributed by atoms with E-state index >= 15 is 0 Å². The number of aromatic hydroxyl groups is 1. The third kappa shape index (κ3) is 5.32. The zero-order valence-corrected chi connectivity index (χ0v) is 18.6. The predicted molar refractivity (Wildman–Crippen MR) is 122 cm³/mol. The van der Waals surface area contributed by atoms with Crippen molar-refractivity contribution in [3.8, 4) is 17.2 Å². The Morgan fingerprint density at radius 3 is 2.45 bits per heavy atom. The Bertz CT molecular complexity index is 1060. The second-order valence-electron chi connectivity index (χ2n) is 8.04. The SMILES string of the molecule is Bc1cc(CP(C)(=O)O)cc(B)c1Oc1ccc(O)c(C(=O)N2CCC[C@H]2C(=O)O)c1. The van der Waals surface area contributed by atoms with Crippen molar-refractivity contribution in [3.05, 3.63) is 41.5 Å². The second kappa shape index (κ2) is 8.81. The van der Waals surface area contributed by atoms with Gasteiger partial charge in [0, 0.05) is 19.4 Å². The maximum absolute atomic E-state index is 12.9. The van der Waals surface area contributed by atoms with Crippen LogP contribution in [0.4, 0.5) is 0 Å². The van der Waals surface area contributed by atoms with E-state index in [0.717, 1.165) is 16.5 Å². The summed E-state index contributed by atoms with van der Waals surface area (Å²) in [4.78, 5) is 35.2. The van der Waals surface area contributed by atoms with Crippen molar-refractivity contribution in [2.24, 2.45) is 0 Å². The predicted octanol–water partition coefficient (Wildman–Crippen LogP) is -0.209. The van der Waals surface area contributed by atoms with Crippen LogP contribution in [0.25, 0.3) is 0 Å². The number of benzene rings is 2. The van der Waals surface area contributed by atoms with E-state index in [1.54, 1.807) is 12.1 Å². The normalized spacial score (nSPS) is 17.9. The zero-order valence-electron chi connectivity index (χ0n) is 17.7. The lowest BCUT2D eigenvalue weighted by atomic mass is 9.84. The minimum atomic E-state index is -3.21. The van der Waals surface area contributed by atoms with Gasteiger partial charge in [-0.25, -0.2) is 4.79 Å². The summed E-state index contributed by atoms with van der Waals surface area (Å²) in [5.41, 5.74) is 2.22. The van der Waals surface area contributed by atoms with Gasteiger partial charge in [-0.05, 0) is 47.5 Å². The number of aliphatic carboxylic acids is 1. The van der Waals surface area contributed by atoms with Gasteiger partial charge in [-0.2, -0.15) is 0 Å². The lowest BCUT2D eigenvalue weighted by molar-refractivity contribution is -0.141. The van der Waals surface area contributed by atoms with Gasteiger partial charge in [0.15, 0.2) is 0 Å². The third-order valence-electron chi connectivity index (χ3n) is 5.21. The molecule has 0 radical (unpaired) electrons. The number of carboxylic acid groups (broad SMARTS) is 1. The number of nitrogens with zero attached hydrogens (tertiary/aromatic N) is 1. The Balaban J connectivity index is 1.88. The van der Waals surface area contributed by atoms with Gasteiger partial charge in [0.25, 0.3) is 5.91 Å². The molecule has 1 unspecified atom stereocenters. The molecule has 8 nitrogen and oxygen atoms in total. The van der Waals surface area contributed by atoms with E-state index in [9.17, 15) is 29.3 Å². The summed E-state index contributed by atoms with van der Waals surface area (Å²) in [5, 5.41) is 19.5. The largest absolute Gasteiger partial charge is 0.507 e. The summed E-state index contributed by atoms with van der Waals surface area (Å²) >= 11 is 0. The molecular formula is C20H24B2NO7P. The van der Waals surface area contributed by atoms with Crippen LogP contribution in [-0.4, -0.2) is 66.8 Å². The highest BCUT2D eigenvalue weighted by Gasteiger charge is 2.35. The van der Waals surface area contributed by atoms with E-state index < -0.39 is 25.3 Å². The molecule has 31 heavy (non-hydrogen) atoms. The second-order valence-corrected chi connectivity index (χ2v) is 10.5. The van der Waals surface area contributed by atoms with Gasteiger partial charge in [0.1, 0.15) is 39.0 Å². The van der Waals surface area contributed by atoms with Gasteiger partial charge in [0.05, 0.1) is 5.56 Å². The first-order valence-electron chi connectivity index (χ1n) is 9.90. The van der Waals surface area contributed by atoms with Crippen LogP contribution in [0.15, 0.2) is 30.3 Å². The summed E-state index contributed by atoms with van der Waals surface area (Å²) in [6.45, 7) is 1.62.